The van der Waals surface area contributed by atoms with Gasteiger partial charge in [-0.25, -0.2) is 8.78 Å². The van der Waals surface area contributed by atoms with Crippen LogP contribution in [0.3, 0.4) is 0 Å². The molecule has 0 aromatic heterocycles. The second-order valence-corrected chi connectivity index (χ2v) is 4.75. The third-order valence-electron chi connectivity index (χ3n) is 3.31. The zero-order valence-electron chi connectivity index (χ0n) is 10.6. The quantitative estimate of drug-likeness (QED) is 0.894. The SMILES string of the molecule is OC(COCC1CCOCC1)c1cccc(F)c1F. The first kappa shape index (κ1) is 14.4. The summed E-state index contributed by atoms with van der Waals surface area (Å²) in [6, 6.07) is 3.75. The van der Waals surface area contributed by atoms with Crippen molar-refractivity contribution in [2.24, 2.45) is 5.92 Å². The van der Waals surface area contributed by atoms with E-state index in [9.17, 15) is 13.9 Å². The topological polar surface area (TPSA) is 38.7 Å². The first-order chi connectivity index (χ1) is 9.18. The van der Waals surface area contributed by atoms with E-state index in [1.54, 1.807) is 0 Å². The zero-order chi connectivity index (χ0) is 13.7. The summed E-state index contributed by atoms with van der Waals surface area (Å²) in [4.78, 5) is 0. The molecule has 0 amide bonds. The smallest absolute Gasteiger partial charge is 0.164 e. The van der Waals surface area contributed by atoms with Gasteiger partial charge in [-0.1, -0.05) is 12.1 Å². The molecule has 3 nitrogen and oxygen atoms in total. The molecule has 1 aromatic carbocycles. The summed E-state index contributed by atoms with van der Waals surface area (Å²) in [5.41, 5.74) is -0.0630. The van der Waals surface area contributed by atoms with E-state index in [2.05, 4.69) is 0 Å². The molecule has 1 heterocycles. The second kappa shape index (κ2) is 6.93. The lowest BCUT2D eigenvalue weighted by atomic mass is 10.0. The molecule has 19 heavy (non-hydrogen) atoms. The molecule has 1 saturated heterocycles. The van der Waals surface area contributed by atoms with Gasteiger partial charge in [-0.05, 0) is 24.8 Å². The summed E-state index contributed by atoms with van der Waals surface area (Å²) in [6.07, 6.45) is 0.727. The number of hydrogen-bond acceptors (Lipinski definition) is 3. The highest BCUT2D eigenvalue weighted by Gasteiger charge is 2.18. The lowest BCUT2D eigenvalue weighted by Crippen LogP contribution is -2.21. The Labute approximate surface area is 111 Å². The first-order valence-corrected chi connectivity index (χ1v) is 6.46. The highest BCUT2D eigenvalue weighted by atomic mass is 19.2. The van der Waals surface area contributed by atoms with Gasteiger partial charge in [0, 0.05) is 25.4 Å². The predicted molar refractivity (Wildman–Crippen MR) is 65.7 cm³/mol. The highest BCUT2D eigenvalue weighted by Crippen LogP contribution is 2.20. The van der Waals surface area contributed by atoms with E-state index in [4.69, 9.17) is 9.47 Å². The molecule has 1 N–H and O–H groups in total. The van der Waals surface area contributed by atoms with E-state index in [1.807, 2.05) is 0 Å². The summed E-state index contributed by atoms with van der Waals surface area (Å²) < 4.78 is 37.1. The Morgan fingerprint density at radius 1 is 1.32 bits per heavy atom. The fraction of sp³-hybridized carbons (Fsp3) is 0.571. The van der Waals surface area contributed by atoms with Gasteiger partial charge in [-0.15, -0.1) is 0 Å². The number of rotatable bonds is 5. The Balaban J connectivity index is 1.80. The van der Waals surface area contributed by atoms with Crippen molar-refractivity contribution in [1.82, 2.24) is 0 Å². The van der Waals surface area contributed by atoms with Gasteiger partial charge in [0.1, 0.15) is 6.10 Å². The minimum Gasteiger partial charge on any atom is -0.386 e. The maximum Gasteiger partial charge on any atom is 0.164 e. The normalized spacial score (nSPS) is 18.5. The van der Waals surface area contributed by atoms with Crippen LogP contribution >= 0.6 is 0 Å². The van der Waals surface area contributed by atoms with E-state index in [1.165, 1.54) is 12.1 Å². The molecule has 1 aliphatic heterocycles. The number of aliphatic hydroxyl groups is 1. The average Bonchev–Trinajstić information content (AvgIpc) is 2.43. The van der Waals surface area contributed by atoms with E-state index in [0.29, 0.717) is 12.5 Å². The zero-order valence-corrected chi connectivity index (χ0v) is 10.6. The number of hydrogen-bond donors (Lipinski definition) is 1. The highest BCUT2D eigenvalue weighted by molar-refractivity contribution is 5.21. The lowest BCUT2D eigenvalue weighted by molar-refractivity contribution is -0.0106. The summed E-state index contributed by atoms with van der Waals surface area (Å²) in [6.45, 7) is 1.94. The summed E-state index contributed by atoms with van der Waals surface area (Å²) in [5.74, 6) is -1.55. The van der Waals surface area contributed by atoms with Crippen molar-refractivity contribution in [2.45, 2.75) is 18.9 Å². The van der Waals surface area contributed by atoms with Gasteiger partial charge in [0.2, 0.25) is 0 Å². The second-order valence-electron chi connectivity index (χ2n) is 4.75. The fourth-order valence-corrected chi connectivity index (χ4v) is 2.13. The van der Waals surface area contributed by atoms with Crippen LogP contribution in [0.25, 0.3) is 0 Å². The van der Waals surface area contributed by atoms with Gasteiger partial charge in [-0.2, -0.15) is 0 Å². The molecule has 0 aliphatic carbocycles. The molecule has 106 valence electrons. The van der Waals surface area contributed by atoms with Crippen molar-refractivity contribution in [2.75, 3.05) is 26.4 Å². The average molecular weight is 272 g/mol. The Hall–Kier alpha value is -1.04. The first-order valence-electron chi connectivity index (χ1n) is 6.46. The molecule has 1 aromatic rings. The van der Waals surface area contributed by atoms with Crippen LogP contribution in [-0.4, -0.2) is 31.5 Å². The van der Waals surface area contributed by atoms with Crippen molar-refractivity contribution in [3.8, 4) is 0 Å². The largest absolute Gasteiger partial charge is 0.386 e. The number of halogens is 2. The molecule has 0 bridgehead atoms. The maximum absolute atomic E-state index is 13.4. The minimum atomic E-state index is -1.14. The van der Waals surface area contributed by atoms with Gasteiger partial charge in [0.15, 0.2) is 11.6 Å². The van der Waals surface area contributed by atoms with Crippen molar-refractivity contribution < 1.29 is 23.4 Å². The molecular formula is C14H18F2O3. The van der Waals surface area contributed by atoms with E-state index in [0.717, 1.165) is 32.1 Å². The number of benzene rings is 1. The molecule has 2 rings (SSSR count). The Morgan fingerprint density at radius 3 is 2.79 bits per heavy atom. The van der Waals surface area contributed by atoms with Crippen molar-refractivity contribution >= 4 is 0 Å². The van der Waals surface area contributed by atoms with Gasteiger partial charge in [0.05, 0.1) is 6.61 Å². The Kier molecular flexibility index (Phi) is 5.24. The van der Waals surface area contributed by atoms with Crippen molar-refractivity contribution in [3.63, 3.8) is 0 Å². The molecule has 5 heteroatoms. The molecule has 1 aliphatic rings. The molecule has 1 unspecified atom stereocenters. The minimum absolute atomic E-state index is 0.0300. The Bertz CT molecular complexity index is 406. The third-order valence-corrected chi connectivity index (χ3v) is 3.31. The molecule has 0 saturated carbocycles. The molecule has 1 fully saturated rings. The van der Waals surface area contributed by atoms with Crippen LogP contribution < -0.4 is 0 Å². The maximum atomic E-state index is 13.4. The van der Waals surface area contributed by atoms with Gasteiger partial charge in [-0.3, -0.25) is 0 Å². The van der Waals surface area contributed by atoms with Crippen molar-refractivity contribution in [3.05, 3.63) is 35.4 Å². The van der Waals surface area contributed by atoms with E-state index in [-0.39, 0.29) is 12.2 Å². The predicted octanol–water partition coefficient (Wildman–Crippen LogP) is 2.44. The molecular weight excluding hydrogens is 254 g/mol. The number of aliphatic hydroxyl groups excluding tert-OH is 1. The van der Waals surface area contributed by atoms with Crippen LogP contribution in [0.15, 0.2) is 18.2 Å². The monoisotopic (exact) mass is 272 g/mol. The standard InChI is InChI=1S/C14H18F2O3/c15-12-3-1-2-11(14(12)16)13(17)9-19-8-10-4-6-18-7-5-10/h1-3,10,13,17H,4-9H2. The summed E-state index contributed by atoms with van der Waals surface area (Å²) in [5, 5.41) is 9.80. The Morgan fingerprint density at radius 2 is 2.05 bits per heavy atom. The third kappa shape index (κ3) is 3.96. The van der Waals surface area contributed by atoms with Crippen LogP contribution in [0.4, 0.5) is 8.78 Å². The molecule has 0 spiro atoms. The fourth-order valence-electron chi connectivity index (χ4n) is 2.13. The van der Waals surface area contributed by atoms with Crippen LogP contribution in [0, 0.1) is 17.6 Å². The molecule has 1 atom stereocenters. The lowest BCUT2D eigenvalue weighted by Gasteiger charge is -2.22. The van der Waals surface area contributed by atoms with Crippen LogP contribution in [0.2, 0.25) is 0 Å². The van der Waals surface area contributed by atoms with Gasteiger partial charge >= 0.3 is 0 Å². The van der Waals surface area contributed by atoms with Gasteiger partial charge < -0.3 is 14.6 Å². The van der Waals surface area contributed by atoms with Crippen LogP contribution in [0.1, 0.15) is 24.5 Å². The van der Waals surface area contributed by atoms with Crippen LogP contribution in [-0.2, 0) is 9.47 Å². The van der Waals surface area contributed by atoms with Crippen molar-refractivity contribution in [1.29, 1.82) is 0 Å². The van der Waals surface area contributed by atoms with Gasteiger partial charge in [0.25, 0.3) is 0 Å². The van der Waals surface area contributed by atoms with Crippen LogP contribution in [0.5, 0.6) is 0 Å². The van der Waals surface area contributed by atoms with E-state index >= 15 is 0 Å². The summed E-state index contributed by atoms with van der Waals surface area (Å²) in [7, 11) is 0. The number of ether oxygens (including phenoxy) is 2. The van der Waals surface area contributed by atoms with E-state index < -0.39 is 17.7 Å². The summed E-state index contributed by atoms with van der Waals surface area (Å²) >= 11 is 0. The molecule has 0 radical (unpaired) electrons.